The number of methoxy groups -OCH3 is 1. The first-order valence-corrected chi connectivity index (χ1v) is 8.53. The van der Waals surface area contributed by atoms with Gasteiger partial charge in [0.2, 0.25) is 11.8 Å². The highest BCUT2D eigenvalue weighted by molar-refractivity contribution is 5.77. The van der Waals surface area contributed by atoms with Crippen molar-refractivity contribution in [3.8, 4) is 12.3 Å². The van der Waals surface area contributed by atoms with Crippen LogP contribution < -0.4 is 10.6 Å². The number of nitrogens with one attached hydrogen (secondary N) is 2. The second-order valence-electron chi connectivity index (χ2n) is 6.84. The van der Waals surface area contributed by atoms with Crippen LogP contribution in [-0.2, 0) is 14.3 Å². The van der Waals surface area contributed by atoms with Crippen molar-refractivity contribution in [1.29, 1.82) is 0 Å². The van der Waals surface area contributed by atoms with Crippen LogP contribution in [0, 0.1) is 36.0 Å². The SMILES string of the molecule is C#CCNC(=O)C[C@@H]1C[C@@H](C(C)C)[C@H](CNC(=O)COC)C=C1C. The van der Waals surface area contributed by atoms with Crippen molar-refractivity contribution in [3.63, 3.8) is 0 Å². The zero-order chi connectivity index (χ0) is 18.1. The van der Waals surface area contributed by atoms with Gasteiger partial charge in [-0.15, -0.1) is 6.42 Å². The Labute approximate surface area is 145 Å². The normalized spacial score (nSPS) is 23.3. The molecule has 0 spiro atoms. The van der Waals surface area contributed by atoms with E-state index in [2.05, 4.69) is 43.4 Å². The van der Waals surface area contributed by atoms with E-state index in [1.165, 1.54) is 12.7 Å². The molecule has 0 saturated carbocycles. The molecule has 0 aromatic rings. The first-order chi connectivity index (χ1) is 11.4. The Kier molecular flexibility index (Phi) is 8.56. The first kappa shape index (κ1) is 20.2. The van der Waals surface area contributed by atoms with Crippen molar-refractivity contribution in [1.82, 2.24) is 10.6 Å². The third-order valence-electron chi connectivity index (χ3n) is 4.71. The van der Waals surface area contributed by atoms with Crippen molar-refractivity contribution < 1.29 is 14.3 Å². The van der Waals surface area contributed by atoms with E-state index in [1.54, 1.807) is 0 Å². The van der Waals surface area contributed by atoms with Crippen molar-refractivity contribution in [2.24, 2.45) is 23.7 Å². The zero-order valence-electron chi connectivity index (χ0n) is 15.2. The number of amides is 2. The summed E-state index contributed by atoms with van der Waals surface area (Å²) in [6.45, 7) is 7.42. The molecule has 134 valence electrons. The summed E-state index contributed by atoms with van der Waals surface area (Å²) in [5.74, 6) is 3.77. The highest BCUT2D eigenvalue weighted by Gasteiger charge is 2.32. The molecule has 0 saturated heterocycles. The Morgan fingerprint density at radius 1 is 1.38 bits per heavy atom. The lowest BCUT2D eigenvalue weighted by molar-refractivity contribution is -0.125. The lowest BCUT2D eigenvalue weighted by atomic mass is 9.69. The third-order valence-corrected chi connectivity index (χ3v) is 4.71. The van der Waals surface area contributed by atoms with Gasteiger partial charge in [-0.05, 0) is 37.0 Å². The maximum atomic E-state index is 12.0. The molecule has 0 bridgehead atoms. The lowest BCUT2D eigenvalue weighted by Crippen LogP contribution is -2.38. The number of rotatable bonds is 8. The number of hydrogen-bond acceptors (Lipinski definition) is 3. The monoisotopic (exact) mass is 334 g/mol. The summed E-state index contributed by atoms with van der Waals surface area (Å²) >= 11 is 0. The molecule has 5 nitrogen and oxygen atoms in total. The van der Waals surface area contributed by atoms with Crippen LogP contribution in [0.3, 0.4) is 0 Å². The van der Waals surface area contributed by atoms with Crippen molar-refractivity contribution >= 4 is 11.8 Å². The minimum atomic E-state index is -0.0955. The van der Waals surface area contributed by atoms with E-state index in [0.717, 1.165) is 6.42 Å². The molecule has 0 unspecified atom stereocenters. The van der Waals surface area contributed by atoms with E-state index in [1.807, 2.05) is 0 Å². The maximum absolute atomic E-state index is 12.0. The molecule has 0 aromatic heterocycles. The molecule has 0 heterocycles. The summed E-state index contributed by atoms with van der Waals surface area (Å²) in [6, 6.07) is 0. The fourth-order valence-corrected chi connectivity index (χ4v) is 3.37. The highest BCUT2D eigenvalue weighted by atomic mass is 16.5. The van der Waals surface area contributed by atoms with Gasteiger partial charge in [-0.25, -0.2) is 0 Å². The number of carbonyl (C=O) groups is 2. The van der Waals surface area contributed by atoms with Gasteiger partial charge >= 0.3 is 0 Å². The molecule has 1 aliphatic rings. The van der Waals surface area contributed by atoms with Crippen LogP contribution in [0.4, 0.5) is 0 Å². The molecule has 0 aromatic carbocycles. The van der Waals surface area contributed by atoms with Gasteiger partial charge in [-0.3, -0.25) is 9.59 Å². The molecular weight excluding hydrogens is 304 g/mol. The van der Waals surface area contributed by atoms with Crippen LogP contribution in [0.1, 0.15) is 33.6 Å². The van der Waals surface area contributed by atoms with Gasteiger partial charge in [0.1, 0.15) is 6.61 Å². The van der Waals surface area contributed by atoms with Crippen LogP contribution in [0.2, 0.25) is 0 Å². The van der Waals surface area contributed by atoms with Crippen LogP contribution >= 0.6 is 0 Å². The Morgan fingerprint density at radius 3 is 2.67 bits per heavy atom. The Bertz CT molecular complexity index is 505. The van der Waals surface area contributed by atoms with E-state index < -0.39 is 0 Å². The molecule has 3 atom stereocenters. The number of carbonyl (C=O) groups excluding carboxylic acids is 2. The quantitative estimate of drug-likeness (QED) is 0.525. The third kappa shape index (κ3) is 6.37. The summed E-state index contributed by atoms with van der Waals surface area (Å²) in [7, 11) is 1.51. The molecule has 24 heavy (non-hydrogen) atoms. The van der Waals surface area contributed by atoms with Gasteiger partial charge in [-0.1, -0.05) is 31.4 Å². The number of allylic oxidation sites excluding steroid dienone is 1. The molecule has 0 aliphatic heterocycles. The van der Waals surface area contributed by atoms with E-state index in [4.69, 9.17) is 11.2 Å². The summed E-state index contributed by atoms with van der Waals surface area (Å²) in [6.07, 6.45) is 8.82. The topological polar surface area (TPSA) is 67.4 Å². The Hall–Kier alpha value is -1.80. The average Bonchev–Trinajstić information content (AvgIpc) is 2.53. The van der Waals surface area contributed by atoms with Crippen molar-refractivity contribution in [3.05, 3.63) is 11.6 Å². The van der Waals surface area contributed by atoms with E-state index >= 15 is 0 Å². The summed E-state index contributed by atoms with van der Waals surface area (Å²) in [4.78, 5) is 23.6. The first-order valence-electron chi connectivity index (χ1n) is 8.53. The number of terminal acetylenes is 1. The van der Waals surface area contributed by atoms with Crippen LogP contribution in [0.25, 0.3) is 0 Å². The largest absolute Gasteiger partial charge is 0.375 e. The number of hydrogen-bond donors (Lipinski definition) is 2. The minimum Gasteiger partial charge on any atom is -0.375 e. The molecule has 2 N–H and O–H groups in total. The standard InChI is InChI=1S/C19H30N2O3/c1-6-7-20-18(22)10-15-9-17(13(2)3)16(8-14(15)4)11-21-19(23)12-24-5/h1,8,13,15-17H,7,9-12H2,2-5H3,(H,20,22)(H,21,23)/t15-,16-,17-/m0/s1. The van der Waals surface area contributed by atoms with E-state index in [-0.39, 0.29) is 36.8 Å². The predicted octanol–water partition coefficient (Wildman–Crippen LogP) is 1.74. The minimum absolute atomic E-state index is 0.0000495. The Balaban J connectivity index is 2.72. The van der Waals surface area contributed by atoms with Gasteiger partial charge in [0.05, 0.1) is 6.54 Å². The fraction of sp³-hybridized carbons (Fsp3) is 0.684. The predicted molar refractivity (Wildman–Crippen MR) is 95.0 cm³/mol. The lowest BCUT2D eigenvalue weighted by Gasteiger charge is -2.37. The van der Waals surface area contributed by atoms with Crippen LogP contribution in [0.15, 0.2) is 11.6 Å². The van der Waals surface area contributed by atoms with Crippen LogP contribution in [0.5, 0.6) is 0 Å². The zero-order valence-corrected chi connectivity index (χ0v) is 15.2. The fourth-order valence-electron chi connectivity index (χ4n) is 3.37. The van der Waals surface area contributed by atoms with Gasteiger partial charge in [-0.2, -0.15) is 0 Å². The second-order valence-corrected chi connectivity index (χ2v) is 6.84. The van der Waals surface area contributed by atoms with Gasteiger partial charge in [0.25, 0.3) is 0 Å². The summed E-state index contributed by atoms with van der Waals surface area (Å²) in [5.41, 5.74) is 1.22. The maximum Gasteiger partial charge on any atom is 0.246 e. The van der Waals surface area contributed by atoms with Crippen LogP contribution in [-0.4, -0.2) is 38.6 Å². The molecule has 1 rings (SSSR count). The van der Waals surface area contributed by atoms with Gasteiger partial charge in [0, 0.05) is 20.1 Å². The second kappa shape index (κ2) is 10.1. The van der Waals surface area contributed by atoms with Gasteiger partial charge < -0.3 is 15.4 Å². The smallest absolute Gasteiger partial charge is 0.246 e. The highest BCUT2D eigenvalue weighted by Crippen LogP contribution is 2.38. The molecule has 5 heteroatoms. The molecule has 0 fully saturated rings. The molecular formula is C19H30N2O3. The van der Waals surface area contributed by atoms with E-state index in [0.29, 0.717) is 24.8 Å². The van der Waals surface area contributed by atoms with Crippen molar-refractivity contribution in [2.75, 3.05) is 26.8 Å². The molecule has 2 amide bonds. The summed E-state index contributed by atoms with van der Waals surface area (Å²) in [5, 5.41) is 5.67. The molecule has 1 aliphatic carbocycles. The van der Waals surface area contributed by atoms with E-state index in [9.17, 15) is 9.59 Å². The van der Waals surface area contributed by atoms with Crippen molar-refractivity contribution in [2.45, 2.75) is 33.6 Å². The molecule has 0 radical (unpaired) electrons. The summed E-state index contributed by atoms with van der Waals surface area (Å²) < 4.78 is 4.85. The number of ether oxygens (including phenoxy) is 1. The Morgan fingerprint density at radius 2 is 2.08 bits per heavy atom. The average molecular weight is 334 g/mol. The van der Waals surface area contributed by atoms with Gasteiger partial charge in [0.15, 0.2) is 0 Å².